The van der Waals surface area contributed by atoms with Gasteiger partial charge < -0.3 is 5.32 Å². The van der Waals surface area contributed by atoms with Crippen LogP contribution in [-0.4, -0.2) is 37.1 Å². The third-order valence-corrected chi connectivity index (χ3v) is 4.44. The molecule has 0 aromatic heterocycles. The smallest absolute Gasteiger partial charge is 0.0220 e. The Balaban J connectivity index is 0.00000144. The van der Waals surface area contributed by atoms with Crippen LogP contribution >= 0.6 is 24.8 Å². The summed E-state index contributed by atoms with van der Waals surface area (Å²) < 4.78 is 0. The lowest BCUT2D eigenvalue weighted by atomic mass is 9.89. The van der Waals surface area contributed by atoms with Crippen LogP contribution in [0.1, 0.15) is 51.9 Å². The molecule has 2 nitrogen and oxygen atoms in total. The number of likely N-dealkylation sites (N-methyl/N-ethyl adjacent to an activating group) is 1. The van der Waals surface area contributed by atoms with Gasteiger partial charge in [0, 0.05) is 12.6 Å². The minimum absolute atomic E-state index is 0. The van der Waals surface area contributed by atoms with Crippen molar-refractivity contribution >= 4 is 24.8 Å². The van der Waals surface area contributed by atoms with Crippen molar-refractivity contribution in [2.75, 3.05) is 26.2 Å². The van der Waals surface area contributed by atoms with E-state index in [0.29, 0.717) is 0 Å². The lowest BCUT2D eigenvalue weighted by Crippen LogP contribution is -2.39. The molecule has 0 spiro atoms. The fourth-order valence-corrected chi connectivity index (χ4v) is 3.39. The summed E-state index contributed by atoms with van der Waals surface area (Å²) in [6.45, 7) is 7.35. The number of nitrogens with zero attached hydrogens (tertiary/aromatic N) is 1. The highest BCUT2D eigenvalue weighted by atomic mass is 35.5. The van der Waals surface area contributed by atoms with Crippen LogP contribution in [0.25, 0.3) is 0 Å². The zero-order chi connectivity index (χ0) is 11.2. The minimum atomic E-state index is 0. The monoisotopic (exact) mass is 296 g/mol. The fraction of sp³-hybridized carbons (Fsp3) is 1.00. The fourth-order valence-electron chi connectivity index (χ4n) is 3.39. The van der Waals surface area contributed by atoms with Crippen LogP contribution in [0.3, 0.4) is 0 Å². The van der Waals surface area contributed by atoms with Crippen LogP contribution in [0.5, 0.6) is 0 Å². The number of hydrogen-bond acceptors (Lipinski definition) is 2. The summed E-state index contributed by atoms with van der Waals surface area (Å²) >= 11 is 0. The molecule has 0 aromatic rings. The van der Waals surface area contributed by atoms with Crippen LogP contribution in [0, 0.1) is 5.92 Å². The molecule has 1 N–H and O–H groups in total. The molecule has 18 heavy (non-hydrogen) atoms. The first kappa shape index (κ1) is 18.5. The predicted octanol–water partition coefficient (Wildman–Crippen LogP) is 3.48. The van der Waals surface area contributed by atoms with Crippen LogP contribution in [0.15, 0.2) is 0 Å². The maximum atomic E-state index is 3.72. The van der Waals surface area contributed by atoms with E-state index in [1.165, 1.54) is 71.1 Å². The van der Waals surface area contributed by atoms with Gasteiger partial charge in [0.25, 0.3) is 0 Å². The van der Waals surface area contributed by atoms with E-state index in [1.54, 1.807) is 0 Å². The molecule has 0 amide bonds. The van der Waals surface area contributed by atoms with Gasteiger partial charge in [-0.3, -0.25) is 4.90 Å². The van der Waals surface area contributed by atoms with Gasteiger partial charge in [0.1, 0.15) is 0 Å². The highest BCUT2D eigenvalue weighted by molar-refractivity contribution is 5.85. The van der Waals surface area contributed by atoms with Gasteiger partial charge in [0.15, 0.2) is 0 Å². The molecule has 1 aliphatic heterocycles. The quantitative estimate of drug-likeness (QED) is 0.835. The van der Waals surface area contributed by atoms with Crippen molar-refractivity contribution < 1.29 is 0 Å². The van der Waals surface area contributed by atoms with E-state index >= 15 is 0 Å². The Kier molecular flexibility index (Phi) is 10.6. The Bertz CT molecular complexity index is 196. The SMILES string of the molecule is CCN1CCCC1CNCC1CCCCC1.Cl.Cl. The molecule has 1 unspecified atom stereocenters. The molecular formula is C14H30Cl2N2. The summed E-state index contributed by atoms with van der Waals surface area (Å²) in [4.78, 5) is 2.63. The van der Waals surface area contributed by atoms with Crippen molar-refractivity contribution in [2.24, 2.45) is 5.92 Å². The second kappa shape index (κ2) is 10.3. The number of nitrogens with one attached hydrogen (secondary N) is 1. The zero-order valence-corrected chi connectivity index (χ0v) is 13.3. The lowest BCUT2D eigenvalue weighted by Gasteiger charge is -2.26. The Hall–Kier alpha value is 0.500. The molecule has 1 aliphatic carbocycles. The van der Waals surface area contributed by atoms with E-state index in [0.717, 1.165) is 12.0 Å². The molecule has 0 radical (unpaired) electrons. The third kappa shape index (κ3) is 5.64. The molecule has 1 atom stereocenters. The van der Waals surface area contributed by atoms with Crippen molar-refractivity contribution in [2.45, 2.75) is 57.9 Å². The molecule has 4 heteroatoms. The summed E-state index contributed by atoms with van der Waals surface area (Å²) in [6.07, 6.45) is 10.2. The molecular weight excluding hydrogens is 267 g/mol. The zero-order valence-electron chi connectivity index (χ0n) is 11.7. The van der Waals surface area contributed by atoms with Gasteiger partial charge >= 0.3 is 0 Å². The van der Waals surface area contributed by atoms with Crippen molar-refractivity contribution in [3.63, 3.8) is 0 Å². The second-order valence-corrected chi connectivity index (χ2v) is 5.59. The lowest BCUT2D eigenvalue weighted by molar-refractivity contribution is 0.251. The Morgan fingerprint density at radius 2 is 1.67 bits per heavy atom. The van der Waals surface area contributed by atoms with Crippen molar-refractivity contribution in [3.05, 3.63) is 0 Å². The van der Waals surface area contributed by atoms with E-state index in [9.17, 15) is 0 Å². The third-order valence-electron chi connectivity index (χ3n) is 4.44. The molecule has 0 aromatic carbocycles. The molecule has 1 heterocycles. The van der Waals surface area contributed by atoms with Crippen LogP contribution < -0.4 is 5.32 Å². The second-order valence-electron chi connectivity index (χ2n) is 5.59. The van der Waals surface area contributed by atoms with Gasteiger partial charge in [-0.05, 0) is 51.2 Å². The molecule has 2 aliphatic rings. The van der Waals surface area contributed by atoms with E-state index in [2.05, 4.69) is 17.1 Å². The predicted molar refractivity (Wildman–Crippen MR) is 84.2 cm³/mol. The van der Waals surface area contributed by atoms with Crippen molar-refractivity contribution in [1.82, 2.24) is 10.2 Å². The molecule has 1 saturated carbocycles. The van der Waals surface area contributed by atoms with Crippen LogP contribution in [0.2, 0.25) is 0 Å². The van der Waals surface area contributed by atoms with Crippen molar-refractivity contribution in [1.29, 1.82) is 0 Å². The average molecular weight is 297 g/mol. The Morgan fingerprint density at radius 3 is 2.33 bits per heavy atom. The van der Waals surface area contributed by atoms with Gasteiger partial charge in [0.05, 0.1) is 0 Å². The summed E-state index contributed by atoms with van der Waals surface area (Å²) in [7, 11) is 0. The molecule has 2 rings (SSSR count). The highest BCUT2D eigenvalue weighted by Crippen LogP contribution is 2.23. The summed E-state index contributed by atoms with van der Waals surface area (Å²) in [5.74, 6) is 0.977. The van der Waals surface area contributed by atoms with Crippen LogP contribution in [0.4, 0.5) is 0 Å². The highest BCUT2D eigenvalue weighted by Gasteiger charge is 2.22. The average Bonchev–Trinajstić information content (AvgIpc) is 2.78. The molecule has 2 fully saturated rings. The van der Waals surface area contributed by atoms with Gasteiger partial charge in [0.2, 0.25) is 0 Å². The van der Waals surface area contributed by atoms with E-state index < -0.39 is 0 Å². The molecule has 1 saturated heterocycles. The Labute approximate surface area is 125 Å². The number of likely N-dealkylation sites (tertiary alicyclic amines) is 1. The van der Waals surface area contributed by atoms with E-state index in [1.807, 2.05) is 0 Å². The summed E-state index contributed by atoms with van der Waals surface area (Å²) in [5, 5.41) is 3.72. The largest absolute Gasteiger partial charge is 0.315 e. The topological polar surface area (TPSA) is 15.3 Å². The minimum Gasteiger partial charge on any atom is -0.315 e. The maximum Gasteiger partial charge on any atom is 0.0220 e. The first-order valence-corrected chi connectivity index (χ1v) is 7.35. The van der Waals surface area contributed by atoms with Gasteiger partial charge in [-0.1, -0.05) is 26.2 Å². The van der Waals surface area contributed by atoms with Gasteiger partial charge in [-0.2, -0.15) is 0 Å². The summed E-state index contributed by atoms with van der Waals surface area (Å²) in [6, 6.07) is 0.827. The maximum absolute atomic E-state index is 3.72. The standard InChI is InChI=1S/C14H28N2.2ClH/c1-2-16-10-6-9-14(16)12-15-11-13-7-4-3-5-8-13;;/h13-15H,2-12H2,1H3;2*1H. The van der Waals surface area contributed by atoms with E-state index in [-0.39, 0.29) is 24.8 Å². The number of rotatable bonds is 5. The number of hydrogen-bond donors (Lipinski definition) is 1. The van der Waals surface area contributed by atoms with Gasteiger partial charge in [-0.15, -0.1) is 24.8 Å². The first-order valence-electron chi connectivity index (χ1n) is 7.35. The number of halogens is 2. The molecule has 110 valence electrons. The first-order chi connectivity index (χ1) is 7.90. The normalized spacial score (nSPS) is 25.5. The molecule has 0 bridgehead atoms. The van der Waals surface area contributed by atoms with E-state index in [4.69, 9.17) is 0 Å². The van der Waals surface area contributed by atoms with Gasteiger partial charge in [-0.25, -0.2) is 0 Å². The van der Waals surface area contributed by atoms with Crippen molar-refractivity contribution in [3.8, 4) is 0 Å². The Morgan fingerprint density at radius 1 is 0.944 bits per heavy atom. The summed E-state index contributed by atoms with van der Waals surface area (Å²) in [5.41, 5.74) is 0. The van der Waals surface area contributed by atoms with Crippen LogP contribution in [-0.2, 0) is 0 Å².